The Bertz CT molecular complexity index is 436. The van der Waals surface area contributed by atoms with Gasteiger partial charge in [-0.15, -0.1) is 0 Å². The van der Waals surface area contributed by atoms with Gasteiger partial charge in [-0.1, -0.05) is 6.92 Å². The molecular formula is C13H19F3N4. The Labute approximate surface area is 116 Å². The minimum Gasteiger partial charge on any atom is -0.340 e. The minimum absolute atomic E-state index is 0.182. The maximum atomic E-state index is 12.7. The van der Waals surface area contributed by atoms with E-state index >= 15 is 0 Å². The van der Waals surface area contributed by atoms with Crippen molar-refractivity contribution >= 4 is 5.95 Å². The van der Waals surface area contributed by atoms with Crippen LogP contribution < -0.4 is 10.2 Å². The van der Waals surface area contributed by atoms with E-state index in [1.807, 2.05) is 11.8 Å². The maximum absolute atomic E-state index is 12.7. The van der Waals surface area contributed by atoms with Crippen LogP contribution in [0.2, 0.25) is 0 Å². The number of alkyl halides is 3. The molecule has 112 valence electrons. The van der Waals surface area contributed by atoms with Gasteiger partial charge in [-0.25, -0.2) is 9.97 Å². The molecule has 1 unspecified atom stereocenters. The first kappa shape index (κ1) is 15.0. The van der Waals surface area contributed by atoms with E-state index in [0.29, 0.717) is 19.0 Å². The maximum Gasteiger partial charge on any atom is 0.433 e. The topological polar surface area (TPSA) is 41.0 Å². The summed E-state index contributed by atoms with van der Waals surface area (Å²) in [5, 5.41) is 3.28. The first-order chi connectivity index (χ1) is 9.50. The van der Waals surface area contributed by atoms with Crippen molar-refractivity contribution in [2.24, 2.45) is 5.92 Å². The number of aromatic nitrogens is 2. The highest BCUT2D eigenvalue weighted by Crippen LogP contribution is 2.29. The number of piperidine rings is 1. The number of anilines is 1. The smallest absolute Gasteiger partial charge is 0.340 e. The van der Waals surface area contributed by atoms with Crippen molar-refractivity contribution in [1.29, 1.82) is 0 Å². The fourth-order valence-corrected chi connectivity index (χ4v) is 2.42. The third-order valence-electron chi connectivity index (χ3n) is 3.42. The lowest BCUT2D eigenvalue weighted by Gasteiger charge is -2.33. The Kier molecular flexibility index (Phi) is 4.80. The van der Waals surface area contributed by atoms with Crippen LogP contribution in [0, 0.1) is 5.92 Å². The fourth-order valence-electron chi connectivity index (χ4n) is 2.42. The summed E-state index contributed by atoms with van der Waals surface area (Å²) in [4.78, 5) is 9.49. The van der Waals surface area contributed by atoms with E-state index in [1.54, 1.807) is 0 Å². The molecule has 7 heteroatoms. The van der Waals surface area contributed by atoms with Crippen LogP contribution in [-0.2, 0) is 6.18 Å². The summed E-state index contributed by atoms with van der Waals surface area (Å²) in [7, 11) is 0. The Balaban J connectivity index is 2.07. The highest BCUT2D eigenvalue weighted by Gasteiger charge is 2.33. The van der Waals surface area contributed by atoms with Crippen LogP contribution in [0.4, 0.5) is 19.1 Å². The van der Waals surface area contributed by atoms with E-state index in [0.717, 1.165) is 32.0 Å². The highest BCUT2D eigenvalue weighted by atomic mass is 19.4. The van der Waals surface area contributed by atoms with Crippen molar-refractivity contribution in [2.75, 3.05) is 31.1 Å². The molecule has 0 aromatic carbocycles. The van der Waals surface area contributed by atoms with E-state index in [2.05, 4.69) is 15.3 Å². The Hall–Kier alpha value is -1.37. The summed E-state index contributed by atoms with van der Waals surface area (Å²) in [5.41, 5.74) is -0.878. The molecule has 20 heavy (non-hydrogen) atoms. The van der Waals surface area contributed by atoms with Crippen molar-refractivity contribution in [2.45, 2.75) is 25.9 Å². The summed E-state index contributed by atoms with van der Waals surface area (Å²) >= 11 is 0. The van der Waals surface area contributed by atoms with Crippen LogP contribution in [-0.4, -0.2) is 36.1 Å². The Morgan fingerprint density at radius 3 is 2.95 bits per heavy atom. The average Bonchev–Trinajstić information content (AvgIpc) is 2.45. The number of hydrogen-bond acceptors (Lipinski definition) is 4. The second-order valence-corrected chi connectivity index (χ2v) is 5.00. The van der Waals surface area contributed by atoms with Gasteiger partial charge in [0.15, 0.2) is 0 Å². The summed E-state index contributed by atoms with van der Waals surface area (Å²) < 4.78 is 38.0. The van der Waals surface area contributed by atoms with Crippen LogP contribution in [0.1, 0.15) is 25.5 Å². The molecule has 1 aromatic heterocycles. The van der Waals surface area contributed by atoms with Crippen molar-refractivity contribution in [1.82, 2.24) is 15.3 Å². The van der Waals surface area contributed by atoms with Crippen LogP contribution >= 0.6 is 0 Å². The average molecular weight is 288 g/mol. The van der Waals surface area contributed by atoms with Gasteiger partial charge in [-0.2, -0.15) is 13.2 Å². The lowest BCUT2D eigenvalue weighted by Crippen LogP contribution is -2.40. The molecule has 1 atom stereocenters. The third-order valence-corrected chi connectivity index (χ3v) is 3.42. The Morgan fingerprint density at radius 1 is 1.45 bits per heavy atom. The number of nitrogens with one attached hydrogen (secondary N) is 1. The van der Waals surface area contributed by atoms with Gasteiger partial charge in [-0.05, 0) is 37.9 Å². The summed E-state index contributed by atoms with van der Waals surface area (Å²) in [6.45, 7) is 5.23. The molecule has 0 bridgehead atoms. The SMILES string of the molecule is CCNCC1CCCN(c2nccc(C(F)(F)F)n2)C1. The molecule has 1 aliphatic heterocycles. The quantitative estimate of drug-likeness (QED) is 0.923. The van der Waals surface area contributed by atoms with E-state index < -0.39 is 11.9 Å². The molecule has 0 amide bonds. The van der Waals surface area contributed by atoms with Gasteiger partial charge in [0, 0.05) is 19.3 Å². The van der Waals surface area contributed by atoms with Crippen molar-refractivity contribution in [3.05, 3.63) is 18.0 Å². The van der Waals surface area contributed by atoms with Gasteiger partial charge in [0.2, 0.25) is 5.95 Å². The molecule has 0 radical (unpaired) electrons. The molecule has 2 heterocycles. The zero-order valence-electron chi connectivity index (χ0n) is 11.5. The number of halogens is 3. The lowest BCUT2D eigenvalue weighted by atomic mass is 9.98. The van der Waals surface area contributed by atoms with E-state index in [1.165, 1.54) is 6.20 Å². The van der Waals surface area contributed by atoms with Gasteiger partial charge in [0.25, 0.3) is 0 Å². The van der Waals surface area contributed by atoms with E-state index in [4.69, 9.17) is 0 Å². The molecule has 0 spiro atoms. The molecule has 1 aromatic rings. The molecule has 0 saturated carbocycles. The van der Waals surface area contributed by atoms with E-state index in [9.17, 15) is 13.2 Å². The molecule has 4 nitrogen and oxygen atoms in total. The zero-order valence-corrected chi connectivity index (χ0v) is 11.5. The van der Waals surface area contributed by atoms with Crippen LogP contribution in [0.15, 0.2) is 12.3 Å². The van der Waals surface area contributed by atoms with Crippen molar-refractivity contribution < 1.29 is 13.2 Å². The molecule has 1 N–H and O–H groups in total. The normalized spacial score (nSPS) is 20.2. The minimum atomic E-state index is -4.42. The van der Waals surface area contributed by atoms with Crippen molar-refractivity contribution in [3.8, 4) is 0 Å². The van der Waals surface area contributed by atoms with Crippen LogP contribution in [0.3, 0.4) is 0 Å². The Morgan fingerprint density at radius 2 is 2.25 bits per heavy atom. The predicted molar refractivity (Wildman–Crippen MR) is 70.5 cm³/mol. The third kappa shape index (κ3) is 3.82. The number of rotatable bonds is 4. The summed E-state index contributed by atoms with van der Waals surface area (Å²) in [6, 6.07) is 0.906. The standard InChI is InChI=1S/C13H19F3N4/c1-2-17-8-10-4-3-7-20(9-10)12-18-6-5-11(19-12)13(14,15)16/h5-6,10,17H,2-4,7-9H2,1H3. The van der Waals surface area contributed by atoms with Gasteiger partial charge in [-0.3, -0.25) is 0 Å². The number of nitrogens with zero attached hydrogens (tertiary/aromatic N) is 3. The first-order valence-corrected chi connectivity index (χ1v) is 6.86. The second kappa shape index (κ2) is 6.39. The molecule has 1 fully saturated rings. The molecule has 2 rings (SSSR count). The van der Waals surface area contributed by atoms with Gasteiger partial charge >= 0.3 is 6.18 Å². The van der Waals surface area contributed by atoms with Crippen molar-refractivity contribution in [3.63, 3.8) is 0 Å². The summed E-state index contributed by atoms with van der Waals surface area (Å²) in [6.07, 6.45) is -1.20. The number of hydrogen-bond donors (Lipinski definition) is 1. The fraction of sp³-hybridized carbons (Fsp3) is 0.692. The molecular weight excluding hydrogens is 269 g/mol. The van der Waals surface area contributed by atoms with Gasteiger partial charge in [0.1, 0.15) is 5.69 Å². The van der Waals surface area contributed by atoms with Gasteiger partial charge < -0.3 is 10.2 Å². The largest absolute Gasteiger partial charge is 0.433 e. The molecule has 1 saturated heterocycles. The van der Waals surface area contributed by atoms with Crippen LogP contribution in [0.5, 0.6) is 0 Å². The zero-order chi connectivity index (χ0) is 14.6. The molecule has 0 aliphatic carbocycles. The van der Waals surface area contributed by atoms with Gasteiger partial charge in [0.05, 0.1) is 0 Å². The highest BCUT2D eigenvalue weighted by molar-refractivity contribution is 5.31. The van der Waals surface area contributed by atoms with E-state index in [-0.39, 0.29) is 5.95 Å². The molecule has 1 aliphatic rings. The first-order valence-electron chi connectivity index (χ1n) is 6.86. The second-order valence-electron chi connectivity index (χ2n) is 5.00. The summed E-state index contributed by atoms with van der Waals surface area (Å²) in [5.74, 6) is 0.614. The lowest BCUT2D eigenvalue weighted by molar-refractivity contribution is -0.141. The predicted octanol–water partition coefficient (Wildman–Crippen LogP) is 2.32. The van der Waals surface area contributed by atoms with Crippen LogP contribution in [0.25, 0.3) is 0 Å². The monoisotopic (exact) mass is 288 g/mol.